The molecule has 8 nitrogen and oxygen atoms in total. The number of aryl methyl sites for hydroxylation is 1. The molecule has 2 N–H and O–H groups in total. The van der Waals surface area contributed by atoms with Gasteiger partial charge in [-0.15, -0.1) is 5.10 Å². The van der Waals surface area contributed by atoms with Crippen molar-refractivity contribution >= 4 is 28.2 Å². The number of phenolic OH excluding ortho intramolecular Hbond substituents is 1. The van der Waals surface area contributed by atoms with Crippen LogP contribution in [0, 0.1) is 0 Å². The van der Waals surface area contributed by atoms with Crippen LogP contribution in [0.3, 0.4) is 0 Å². The van der Waals surface area contributed by atoms with Crippen LogP contribution < -0.4 is 5.32 Å². The number of aromatic hydroxyl groups is 1. The van der Waals surface area contributed by atoms with Crippen molar-refractivity contribution in [3.63, 3.8) is 0 Å². The number of fused-ring (bicyclic) bond motifs is 2. The van der Waals surface area contributed by atoms with E-state index < -0.39 is 0 Å². The third-order valence-electron chi connectivity index (χ3n) is 4.39. The lowest BCUT2D eigenvalue weighted by atomic mass is 10.1. The molecule has 0 spiro atoms. The molecule has 3 aromatic heterocycles. The van der Waals surface area contributed by atoms with Gasteiger partial charge >= 0.3 is 0 Å². The molecule has 0 amide bonds. The van der Waals surface area contributed by atoms with Crippen molar-refractivity contribution in [2.75, 3.05) is 5.32 Å². The maximum absolute atomic E-state index is 9.61. The standard InChI is InChI=1S/C19H15N7O/c1-25-16-6-5-12(7-13(16)9-21-25)17-10-20-11-18-23-19(24-26(17)18)22-14-3-2-4-15(27)8-14/h2-11,27H,1H3,(H,22,24). The van der Waals surface area contributed by atoms with E-state index in [1.165, 1.54) is 0 Å². The van der Waals surface area contributed by atoms with Crippen LogP contribution in [-0.4, -0.2) is 34.5 Å². The van der Waals surface area contributed by atoms with Crippen molar-refractivity contribution in [2.45, 2.75) is 0 Å². The molecule has 3 heterocycles. The topological polar surface area (TPSA) is 93.2 Å². The van der Waals surface area contributed by atoms with Gasteiger partial charge in [-0.3, -0.25) is 9.67 Å². The molecular formula is C19H15N7O. The predicted octanol–water partition coefficient (Wildman–Crippen LogP) is 3.13. The molecule has 0 bridgehead atoms. The average Bonchev–Trinajstić information content (AvgIpc) is 3.24. The van der Waals surface area contributed by atoms with Crippen molar-refractivity contribution in [2.24, 2.45) is 7.05 Å². The van der Waals surface area contributed by atoms with E-state index in [1.54, 1.807) is 35.1 Å². The van der Waals surface area contributed by atoms with Gasteiger partial charge in [-0.1, -0.05) is 12.1 Å². The molecule has 0 radical (unpaired) electrons. The lowest BCUT2D eigenvalue weighted by Gasteiger charge is -2.04. The van der Waals surface area contributed by atoms with Crippen LogP contribution in [0.4, 0.5) is 11.6 Å². The fourth-order valence-corrected chi connectivity index (χ4v) is 3.10. The normalized spacial score (nSPS) is 11.3. The molecule has 5 rings (SSSR count). The lowest BCUT2D eigenvalue weighted by Crippen LogP contribution is -1.97. The minimum Gasteiger partial charge on any atom is -0.508 e. The summed E-state index contributed by atoms with van der Waals surface area (Å²) in [4.78, 5) is 8.77. The minimum atomic E-state index is 0.177. The summed E-state index contributed by atoms with van der Waals surface area (Å²) in [5.74, 6) is 0.605. The largest absolute Gasteiger partial charge is 0.508 e. The van der Waals surface area contributed by atoms with Crippen molar-refractivity contribution in [3.05, 3.63) is 61.1 Å². The Morgan fingerprint density at radius 1 is 1.04 bits per heavy atom. The van der Waals surface area contributed by atoms with Gasteiger partial charge in [0.05, 0.1) is 29.8 Å². The second-order valence-electron chi connectivity index (χ2n) is 6.22. The Labute approximate surface area is 153 Å². The summed E-state index contributed by atoms with van der Waals surface area (Å²) in [6.45, 7) is 0. The first-order valence-corrected chi connectivity index (χ1v) is 8.36. The molecule has 8 heteroatoms. The summed E-state index contributed by atoms with van der Waals surface area (Å²) in [6.07, 6.45) is 5.26. The number of nitrogens with zero attached hydrogens (tertiary/aromatic N) is 6. The molecule has 0 saturated carbocycles. The van der Waals surface area contributed by atoms with Gasteiger partial charge in [-0.25, -0.2) is 4.52 Å². The number of hydrogen-bond donors (Lipinski definition) is 2. The summed E-state index contributed by atoms with van der Waals surface area (Å²) in [5.41, 5.74) is 4.19. The molecule has 2 aromatic carbocycles. The number of phenols is 1. The molecule has 0 saturated heterocycles. The van der Waals surface area contributed by atoms with Crippen LogP contribution in [0.2, 0.25) is 0 Å². The third kappa shape index (κ3) is 2.63. The van der Waals surface area contributed by atoms with Crippen molar-refractivity contribution in [1.82, 2.24) is 29.4 Å². The van der Waals surface area contributed by atoms with Crippen LogP contribution >= 0.6 is 0 Å². The van der Waals surface area contributed by atoms with Crippen LogP contribution in [0.15, 0.2) is 61.1 Å². The second-order valence-corrected chi connectivity index (χ2v) is 6.22. The number of aromatic nitrogens is 6. The SMILES string of the molecule is Cn1ncc2cc(-c3cncc4nc(Nc5cccc(O)c5)nn34)ccc21. The average molecular weight is 357 g/mol. The highest BCUT2D eigenvalue weighted by Gasteiger charge is 2.11. The maximum Gasteiger partial charge on any atom is 0.247 e. The highest BCUT2D eigenvalue weighted by molar-refractivity contribution is 5.84. The van der Waals surface area contributed by atoms with Gasteiger partial charge in [0.1, 0.15) is 5.75 Å². The Morgan fingerprint density at radius 2 is 1.96 bits per heavy atom. The monoisotopic (exact) mass is 357 g/mol. The first kappa shape index (κ1) is 15.3. The Morgan fingerprint density at radius 3 is 2.85 bits per heavy atom. The zero-order chi connectivity index (χ0) is 18.4. The highest BCUT2D eigenvalue weighted by Crippen LogP contribution is 2.25. The summed E-state index contributed by atoms with van der Waals surface area (Å²) < 4.78 is 3.58. The number of hydrogen-bond acceptors (Lipinski definition) is 6. The first-order valence-electron chi connectivity index (χ1n) is 8.36. The van der Waals surface area contributed by atoms with Crippen LogP contribution in [-0.2, 0) is 7.05 Å². The zero-order valence-electron chi connectivity index (χ0n) is 14.4. The van der Waals surface area contributed by atoms with E-state index >= 15 is 0 Å². The van der Waals surface area contributed by atoms with E-state index in [4.69, 9.17) is 0 Å². The van der Waals surface area contributed by atoms with Crippen LogP contribution in [0.5, 0.6) is 5.75 Å². The summed E-state index contributed by atoms with van der Waals surface area (Å²) in [7, 11) is 1.92. The van der Waals surface area contributed by atoms with E-state index in [0.717, 1.165) is 22.2 Å². The van der Waals surface area contributed by atoms with E-state index in [2.05, 4.69) is 31.5 Å². The van der Waals surface area contributed by atoms with Crippen LogP contribution in [0.1, 0.15) is 0 Å². The molecule has 0 aliphatic rings. The Hall–Kier alpha value is -3.94. The van der Waals surface area contributed by atoms with Crippen LogP contribution in [0.25, 0.3) is 27.8 Å². The van der Waals surface area contributed by atoms with Gasteiger partial charge in [0.15, 0.2) is 5.65 Å². The van der Waals surface area contributed by atoms with Gasteiger partial charge < -0.3 is 10.4 Å². The van der Waals surface area contributed by atoms with Gasteiger partial charge in [0.2, 0.25) is 5.95 Å². The highest BCUT2D eigenvalue weighted by atomic mass is 16.3. The summed E-state index contributed by atoms with van der Waals surface area (Å²) in [6, 6.07) is 12.9. The molecule has 0 aliphatic heterocycles. The summed E-state index contributed by atoms with van der Waals surface area (Å²) in [5, 5.41) is 22.6. The molecule has 27 heavy (non-hydrogen) atoms. The summed E-state index contributed by atoms with van der Waals surface area (Å²) >= 11 is 0. The van der Waals surface area contributed by atoms with E-state index in [9.17, 15) is 5.11 Å². The minimum absolute atomic E-state index is 0.177. The van der Waals surface area contributed by atoms with Gasteiger partial charge in [-0.2, -0.15) is 10.1 Å². The van der Waals surface area contributed by atoms with E-state index in [-0.39, 0.29) is 5.75 Å². The quantitative estimate of drug-likeness (QED) is 0.515. The Kier molecular flexibility index (Phi) is 3.29. The molecule has 0 fully saturated rings. The predicted molar refractivity (Wildman–Crippen MR) is 102 cm³/mol. The molecule has 5 aromatic rings. The molecule has 0 unspecified atom stereocenters. The zero-order valence-corrected chi connectivity index (χ0v) is 14.4. The van der Waals surface area contributed by atoms with Gasteiger partial charge in [0.25, 0.3) is 0 Å². The van der Waals surface area contributed by atoms with Gasteiger partial charge in [-0.05, 0) is 24.3 Å². The smallest absolute Gasteiger partial charge is 0.247 e. The first-order chi connectivity index (χ1) is 13.2. The molecule has 0 aliphatic carbocycles. The fraction of sp³-hybridized carbons (Fsp3) is 0.0526. The fourth-order valence-electron chi connectivity index (χ4n) is 3.10. The number of anilines is 2. The van der Waals surface area contributed by atoms with Crippen molar-refractivity contribution in [1.29, 1.82) is 0 Å². The lowest BCUT2D eigenvalue weighted by molar-refractivity contribution is 0.475. The molecule has 132 valence electrons. The third-order valence-corrected chi connectivity index (χ3v) is 4.39. The molecular weight excluding hydrogens is 342 g/mol. The number of rotatable bonds is 3. The second kappa shape index (κ2) is 5.80. The molecule has 0 atom stereocenters. The van der Waals surface area contributed by atoms with Crippen molar-refractivity contribution in [3.8, 4) is 17.0 Å². The Bertz CT molecular complexity index is 1290. The van der Waals surface area contributed by atoms with Gasteiger partial charge in [0, 0.05) is 29.8 Å². The van der Waals surface area contributed by atoms with E-state index in [1.807, 2.05) is 36.1 Å². The van der Waals surface area contributed by atoms with E-state index in [0.29, 0.717) is 17.3 Å². The number of benzene rings is 2. The maximum atomic E-state index is 9.61. The van der Waals surface area contributed by atoms with Crippen molar-refractivity contribution < 1.29 is 5.11 Å². The Balaban J connectivity index is 1.59. The number of nitrogens with one attached hydrogen (secondary N) is 1.